The minimum atomic E-state index is -0.229. The van der Waals surface area contributed by atoms with Gasteiger partial charge < -0.3 is 0 Å². The second-order valence-corrected chi connectivity index (χ2v) is 5.48. The predicted octanol–water partition coefficient (Wildman–Crippen LogP) is 2.35. The molecule has 1 aromatic heterocycles. The van der Waals surface area contributed by atoms with E-state index in [1.54, 1.807) is 13.0 Å². The Balaban J connectivity index is 2.11. The Bertz CT molecular complexity index is 449. The molecule has 0 spiro atoms. The van der Waals surface area contributed by atoms with Gasteiger partial charge in [0.1, 0.15) is 5.69 Å². The predicted molar refractivity (Wildman–Crippen MR) is 73.9 cm³/mol. The third-order valence-electron chi connectivity index (χ3n) is 3.48. The van der Waals surface area contributed by atoms with Crippen molar-refractivity contribution in [2.24, 2.45) is 0 Å². The van der Waals surface area contributed by atoms with Crippen LogP contribution in [0.5, 0.6) is 0 Å². The van der Waals surface area contributed by atoms with Crippen molar-refractivity contribution in [2.45, 2.75) is 52.1 Å². The van der Waals surface area contributed by atoms with Crippen molar-refractivity contribution in [2.75, 3.05) is 0 Å². The Labute approximate surface area is 118 Å². The Morgan fingerprint density at radius 1 is 1.37 bits per heavy atom. The molecule has 5 nitrogen and oxygen atoms in total. The molecule has 0 radical (unpaired) electrons. The van der Waals surface area contributed by atoms with Gasteiger partial charge in [0.15, 0.2) is 0 Å². The third-order valence-corrected chi connectivity index (χ3v) is 3.65. The van der Waals surface area contributed by atoms with Crippen LogP contribution in [0.1, 0.15) is 49.3 Å². The molecule has 1 aromatic rings. The SMILES string of the molecule is Cc1cc(C(=O)NN2C(C)CCCC2C)nc(Cl)n1. The first-order valence-electron chi connectivity index (χ1n) is 6.58. The van der Waals surface area contributed by atoms with Crippen molar-refractivity contribution in [1.29, 1.82) is 0 Å². The highest BCUT2D eigenvalue weighted by Gasteiger charge is 2.26. The van der Waals surface area contributed by atoms with Crippen LogP contribution >= 0.6 is 11.6 Å². The highest BCUT2D eigenvalue weighted by Crippen LogP contribution is 2.20. The van der Waals surface area contributed by atoms with E-state index >= 15 is 0 Å². The molecule has 1 amide bonds. The van der Waals surface area contributed by atoms with Crippen molar-refractivity contribution in [3.8, 4) is 0 Å². The van der Waals surface area contributed by atoms with Gasteiger partial charge in [0, 0.05) is 17.8 Å². The van der Waals surface area contributed by atoms with Crippen molar-refractivity contribution >= 4 is 17.5 Å². The number of nitrogens with zero attached hydrogens (tertiary/aromatic N) is 3. The number of carbonyl (C=O) groups is 1. The summed E-state index contributed by atoms with van der Waals surface area (Å²) in [5.41, 5.74) is 3.93. The molecule has 2 rings (SSSR count). The summed E-state index contributed by atoms with van der Waals surface area (Å²) in [5.74, 6) is -0.229. The summed E-state index contributed by atoms with van der Waals surface area (Å²) in [6.45, 7) is 6.03. The fraction of sp³-hybridized carbons (Fsp3) is 0.615. The smallest absolute Gasteiger partial charge is 0.283 e. The number of rotatable bonds is 2. The molecule has 19 heavy (non-hydrogen) atoms. The lowest BCUT2D eigenvalue weighted by Gasteiger charge is -2.38. The molecule has 0 saturated carbocycles. The van der Waals surface area contributed by atoms with Crippen LogP contribution in [-0.2, 0) is 0 Å². The van der Waals surface area contributed by atoms with Gasteiger partial charge in [0.25, 0.3) is 5.91 Å². The molecule has 1 aliphatic rings. The Hall–Kier alpha value is -1.20. The topological polar surface area (TPSA) is 58.1 Å². The minimum absolute atomic E-state index is 0.102. The van der Waals surface area contributed by atoms with E-state index in [2.05, 4.69) is 29.2 Å². The van der Waals surface area contributed by atoms with Crippen LogP contribution in [0, 0.1) is 6.92 Å². The number of piperidine rings is 1. The van der Waals surface area contributed by atoms with Crippen molar-refractivity contribution in [3.63, 3.8) is 0 Å². The molecule has 1 aliphatic heterocycles. The average molecular weight is 283 g/mol. The van der Waals surface area contributed by atoms with Gasteiger partial charge in [-0.2, -0.15) is 0 Å². The van der Waals surface area contributed by atoms with Crippen LogP contribution in [0.4, 0.5) is 0 Å². The molecule has 1 saturated heterocycles. The minimum Gasteiger partial charge on any atom is -0.283 e. The number of hydrogen-bond donors (Lipinski definition) is 1. The van der Waals surface area contributed by atoms with Gasteiger partial charge in [-0.15, -0.1) is 0 Å². The standard InChI is InChI=1S/C13H19ClN4O/c1-8-7-11(16-13(14)15-8)12(19)17-18-9(2)5-4-6-10(18)3/h7,9-10H,4-6H2,1-3H3,(H,17,19). The quantitative estimate of drug-likeness (QED) is 0.846. The number of hydrogen-bond acceptors (Lipinski definition) is 4. The van der Waals surface area contributed by atoms with Gasteiger partial charge in [-0.3, -0.25) is 10.2 Å². The Morgan fingerprint density at radius 2 is 2.00 bits per heavy atom. The third kappa shape index (κ3) is 3.42. The van der Waals surface area contributed by atoms with E-state index in [1.807, 2.05) is 5.01 Å². The summed E-state index contributed by atoms with van der Waals surface area (Å²) in [7, 11) is 0. The molecule has 0 aliphatic carbocycles. The van der Waals surface area contributed by atoms with Gasteiger partial charge in [0.2, 0.25) is 5.28 Å². The van der Waals surface area contributed by atoms with Crippen molar-refractivity contribution in [3.05, 3.63) is 22.7 Å². The number of amides is 1. The molecule has 0 aromatic carbocycles. The van der Waals surface area contributed by atoms with E-state index in [1.165, 1.54) is 6.42 Å². The summed E-state index contributed by atoms with van der Waals surface area (Å²) in [6.07, 6.45) is 3.38. The summed E-state index contributed by atoms with van der Waals surface area (Å²) in [6, 6.07) is 2.32. The number of carbonyl (C=O) groups excluding carboxylic acids is 1. The normalized spacial score (nSPS) is 24.2. The highest BCUT2D eigenvalue weighted by molar-refractivity contribution is 6.28. The Kier molecular flexibility index (Phi) is 4.37. The molecular weight excluding hydrogens is 264 g/mol. The van der Waals surface area contributed by atoms with Crippen LogP contribution in [0.2, 0.25) is 5.28 Å². The first kappa shape index (κ1) is 14.2. The summed E-state index contributed by atoms with van der Waals surface area (Å²) >= 11 is 5.78. The molecule has 2 heterocycles. The van der Waals surface area contributed by atoms with Gasteiger partial charge in [-0.05, 0) is 51.3 Å². The van der Waals surface area contributed by atoms with Crippen LogP contribution in [0.15, 0.2) is 6.07 Å². The highest BCUT2D eigenvalue weighted by atomic mass is 35.5. The fourth-order valence-electron chi connectivity index (χ4n) is 2.46. The van der Waals surface area contributed by atoms with E-state index in [4.69, 9.17) is 11.6 Å². The van der Waals surface area contributed by atoms with E-state index in [9.17, 15) is 4.79 Å². The van der Waals surface area contributed by atoms with Crippen LogP contribution in [-0.4, -0.2) is 33.0 Å². The lowest BCUT2D eigenvalue weighted by atomic mass is 10.00. The molecule has 104 valence electrons. The number of hydrazine groups is 1. The second-order valence-electron chi connectivity index (χ2n) is 5.14. The monoisotopic (exact) mass is 282 g/mol. The first-order valence-corrected chi connectivity index (χ1v) is 6.95. The first-order chi connectivity index (χ1) is 8.97. The summed E-state index contributed by atoms with van der Waals surface area (Å²) in [4.78, 5) is 20.1. The largest absolute Gasteiger partial charge is 0.284 e. The zero-order valence-corrected chi connectivity index (χ0v) is 12.2. The lowest BCUT2D eigenvalue weighted by Crippen LogP contribution is -2.54. The molecule has 1 N–H and O–H groups in total. The van der Waals surface area contributed by atoms with E-state index in [0.29, 0.717) is 23.5 Å². The molecule has 6 heteroatoms. The second kappa shape index (κ2) is 5.84. The number of halogens is 1. The summed E-state index contributed by atoms with van der Waals surface area (Å²) in [5, 5.41) is 2.11. The van der Waals surface area contributed by atoms with Gasteiger partial charge in [-0.25, -0.2) is 15.0 Å². The lowest BCUT2D eigenvalue weighted by molar-refractivity contribution is 0.0366. The maximum absolute atomic E-state index is 12.2. The molecule has 2 unspecified atom stereocenters. The van der Waals surface area contributed by atoms with E-state index < -0.39 is 0 Å². The molecule has 1 fully saturated rings. The molecule has 0 bridgehead atoms. The number of aromatic nitrogens is 2. The van der Waals surface area contributed by atoms with Crippen molar-refractivity contribution < 1.29 is 4.79 Å². The van der Waals surface area contributed by atoms with Gasteiger partial charge >= 0.3 is 0 Å². The van der Waals surface area contributed by atoms with Gasteiger partial charge in [-0.1, -0.05) is 6.42 Å². The Morgan fingerprint density at radius 3 is 2.58 bits per heavy atom. The summed E-state index contributed by atoms with van der Waals surface area (Å²) < 4.78 is 0. The average Bonchev–Trinajstić information content (AvgIpc) is 2.32. The number of aryl methyl sites for hydroxylation is 1. The molecular formula is C13H19ClN4O. The maximum Gasteiger partial charge on any atom is 0.284 e. The number of nitrogens with one attached hydrogen (secondary N) is 1. The zero-order valence-electron chi connectivity index (χ0n) is 11.5. The van der Waals surface area contributed by atoms with Crippen LogP contribution < -0.4 is 5.43 Å². The van der Waals surface area contributed by atoms with Gasteiger partial charge in [0.05, 0.1) is 0 Å². The zero-order chi connectivity index (χ0) is 14.0. The fourth-order valence-corrected chi connectivity index (χ4v) is 2.69. The van der Waals surface area contributed by atoms with Crippen molar-refractivity contribution in [1.82, 2.24) is 20.4 Å². The van der Waals surface area contributed by atoms with E-state index in [-0.39, 0.29) is 11.2 Å². The van der Waals surface area contributed by atoms with E-state index in [0.717, 1.165) is 12.8 Å². The molecule has 2 atom stereocenters. The van der Waals surface area contributed by atoms with Crippen LogP contribution in [0.3, 0.4) is 0 Å². The maximum atomic E-state index is 12.2. The van der Waals surface area contributed by atoms with Crippen LogP contribution in [0.25, 0.3) is 0 Å².